The SMILES string of the molecule is CNC(=O)[C@@H](Cc1ccccc1)N(Cc1ccc(Br)cc1)C(=O)CN(c1ccc(C)c(C)c1)S(C)(=O)=O. The number of nitrogens with one attached hydrogen (secondary N) is 1. The van der Waals surface area contributed by atoms with E-state index in [0.717, 1.165) is 37.3 Å². The predicted molar refractivity (Wildman–Crippen MR) is 151 cm³/mol. The van der Waals surface area contributed by atoms with Crippen LogP contribution in [-0.4, -0.2) is 51.0 Å². The Hall–Kier alpha value is -3.17. The second-order valence-electron chi connectivity index (χ2n) is 9.01. The minimum absolute atomic E-state index is 0.140. The maximum Gasteiger partial charge on any atom is 0.244 e. The van der Waals surface area contributed by atoms with Gasteiger partial charge in [-0.3, -0.25) is 13.9 Å². The molecule has 0 bridgehead atoms. The number of likely N-dealkylation sites (N-methyl/N-ethyl adjacent to an activating group) is 1. The highest BCUT2D eigenvalue weighted by Gasteiger charge is 2.32. The third-order valence-electron chi connectivity index (χ3n) is 6.24. The molecule has 3 aromatic rings. The number of amides is 2. The van der Waals surface area contributed by atoms with Gasteiger partial charge in [0.25, 0.3) is 0 Å². The van der Waals surface area contributed by atoms with Gasteiger partial charge >= 0.3 is 0 Å². The van der Waals surface area contributed by atoms with Crippen molar-refractivity contribution in [3.63, 3.8) is 0 Å². The van der Waals surface area contributed by atoms with Crippen LogP contribution in [0.1, 0.15) is 22.3 Å². The number of hydrogen-bond donors (Lipinski definition) is 1. The highest BCUT2D eigenvalue weighted by Crippen LogP contribution is 2.23. The Balaban J connectivity index is 2.03. The van der Waals surface area contributed by atoms with Crippen LogP contribution in [0.4, 0.5) is 5.69 Å². The zero-order chi connectivity index (χ0) is 27.2. The fourth-order valence-electron chi connectivity index (χ4n) is 4.00. The minimum Gasteiger partial charge on any atom is -0.357 e. The molecule has 0 unspecified atom stereocenters. The van der Waals surface area contributed by atoms with Gasteiger partial charge in [0, 0.05) is 24.5 Å². The maximum absolute atomic E-state index is 13.9. The molecule has 0 heterocycles. The summed E-state index contributed by atoms with van der Waals surface area (Å²) in [6, 6.07) is 21.3. The van der Waals surface area contributed by atoms with E-state index in [1.54, 1.807) is 12.1 Å². The van der Waals surface area contributed by atoms with Crippen molar-refractivity contribution in [2.45, 2.75) is 32.9 Å². The van der Waals surface area contributed by atoms with Gasteiger partial charge in [-0.1, -0.05) is 64.5 Å². The average Bonchev–Trinajstić information content (AvgIpc) is 2.87. The summed E-state index contributed by atoms with van der Waals surface area (Å²) in [7, 11) is -2.26. The van der Waals surface area contributed by atoms with Gasteiger partial charge in [-0.25, -0.2) is 8.42 Å². The summed E-state index contributed by atoms with van der Waals surface area (Å²) < 4.78 is 27.6. The molecular formula is C28H32BrN3O4S. The molecule has 3 rings (SSSR count). The Morgan fingerprint density at radius 3 is 2.14 bits per heavy atom. The number of anilines is 1. The Morgan fingerprint density at radius 1 is 0.919 bits per heavy atom. The number of halogens is 1. The van der Waals surface area contributed by atoms with E-state index in [1.807, 2.05) is 74.5 Å². The summed E-state index contributed by atoms with van der Waals surface area (Å²) in [6.07, 6.45) is 1.36. The topological polar surface area (TPSA) is 86.8 Å². The summed E-state index contributed by atoms with van der Waals surface area (Å²) >= 11 is 3.42. The summed E-state index contributed by atoms with van der Waals surface area (Å²) in [4.78, 5) is 28.4. The van der Waals surface area contributed by atoms with Crippen LogP contribution >= 0.6 is 15.9 Å². The van der Waals surface area contributed by atoms with Crippen LogP contribution in [0.3, 0.4) is 0 Å². The summed E-state index contributed by atoms with van der Waals surface area (Å²) in [5, 5.41) is 2.67. The molecule has 0 fully saturated rings. The molecule has 0 radical (unpaired) electrons. The molecular weight excluding hydrogens is 554 g/mol. The second-order valence-corrected chi connectivity index (χ2v) is 11.8. The molecule has 1 N–H and O–H groups in total. The Bertz CT molecular complexity index is 1350. The molecule has 7 nitrogen and oxygen atoms in total. The number of rotatable bonds is 10. The van der Waals surface area contributed by atoms with Crippen molar-refractivity contribution in [3.05, 3.63) is 99.5 Å². The van der Waals surface area contributed by atoms with E-state index in [9.17, 15) is 18.0 Å². The molecule has 2 amide bonds. The Kier molecular flexibility index (Phi) is 9.50. The molecule has 0 aromatic heterocycles. The van der Waals surface area contributed by atoms with Gasteiger partial charge in [-0.2, -0.15) is 0 Å². The lowest BCUT2D eigenvalue weighted by Gasteiger charge is -2.33. The number of nitrogens with zero attached hydrogens (tertiary/aromatic N) is 2. The zero-order valence-corrected chi connectivity index (χ0v) is 23.8. The number of sulfonamides is 1. The van der Waals surface area contributed by atoms with Crippen LogP contribution in [0.5, 0.6) is 0 Å². The van der Waals surface area contributed by atoms with Gasteiger partial charge in [-0.05, 0) is 60.4 Å². The van der Waals surface area contributed by atoms with E-state index in [0.29, 0.717) is 5.69 Å². The van der Waals surface area contributed by atoms with E-state index in [-0.39, 0.29) is 18.9 Å². The lowest BCUT2D eigenvalue weighted by atomic mass is 10.0. The standard InChI is InChI=1S/C28H32BrN3O4S/c1-20-10-15-25(16-21(20)2)32(37(4,35)36)19-27(33)31(18-23-11-13-24(29)14-12-23)26(28(34)30-3)17-22-8-6-5-7-9-22/h5-16,26H,17-19H2,1-4H3,(H,30,34)/t26-/m1/s1. The summed E-state index contributed by atoms with van der Waals surface area (Å²) in [5.41, 5.74) is 4.04. The molecule has 3 aromatic carbocycles. The van der Waals surface area contributed by atoms with Crippen molar-refractivity contribution < 1.29 is 18.0 Å². The fraction of sp³-hybridized carbons (Fsp3) is 0.286. The van der Waals surface area contributed by atoms with Gasteiger partial charge in [0.1, 0.15) is 12.6 Å². The molecule has 0 saturated carbocycles. The second kappa shape index (κ2) is 12.4. The first-order chi connectivity index (χ1) is 17.5. The first kappa shape index (κ1) is 28.4. The number of carbonyl (C=O) groups is 2. The third-order valence-corrected chi connectivity index (χ3v) is 7.91. The van der Waals surface area contributed by atoms with E-state index < -0.39 is 28.5 Å². The highest BCUT2D eigenvalue weighted by atomic mass is 79.9. The van der Waals surface area contributed by atoms with Gasteiger partial charge in [-0.15, -0.1) is 0 Å². The fourth-order valence-corrected chi connectivity index (χ4v) is 5.11. The number of aryl methyl sites for hydroxylation is 2. The van der Waals surface area contributed by atoms with Crippen molar-refractivity contribution in [1.29, 1.82) is 0 Å². The third kappa shape index (κ3) is 7.66. The van der Waals surface area contributed by atoms with Gasteiger partial charge in [0.15, 0.2) is 0 Å². The van der Waals surface area contributed by atoms with Gasteiger partial charge in [0.2, 0.25) is 21.8 Å². The Labute approximate surface area is 227 Å². The molecule has 0 aliphatic heterocycles. The predicted octanol–water partition coefficient (Wildman–Crippen LogP) is 4.22. The molecule has 37 heavy (non-hydrogen) atoms. The van der Waals surface area contributed by atoms with Crippen LogP contribution < -0.4 is 9.62 Å². The number of benzene rings is 3. The van der Waals surface area contributed by atoms with Crippen LogP contribution in [0, 0.1) is 13.8 Å². The monoisotopic (exact) mass is 585 g/mol. The lowest BCUT2D eigenvalue weighted by Crippen LogP contribution is -2.52. The quantitative estimate of drug-likeness (QED) is 0.386. The molecule has 1 atom stereocenters. The van der Waals surface area contributed by atoms with Crippen molar-refractivity contribution in [1.82, 2.24) is 10.2 Å². The van der Waals surface area contributed by atoms with Crippen LogP contribution in [0.15, 0.2) is 77.3 Å². The first-order valence-electron chi connectivity index (χ1n) is 11.8. The first-order valence-corrected chi connectivity index (χ1v) is 14.5. The van der Waals surface area contributed by atoms with Gasteiger partial charge < -0.3 is 10.2 Å². The Morgan fingerprint density at radius 2 is 1.57 bits per heavy atom. The zero-order valence-electron chi connectivity index (χ0n) is 21.4. The summed E-state index contributed by atoms with van der Waals surface area (Å²) in [6.45, 7) is 3.54. The normalized spacial score (nSPS) is 12.0. The molecule has 9 heteroatoms. The largest absolute Gasteiger partial charge is 0.357 e. The van der Waals surface area contributed by atoms with Gasteiger partial charge in [0.05, 0.1) is 11.9 Å². The molecule has 0 saturated heterocycles. The number of carbonyl (C=O) groups excluding carboxylic acids is 2. The van der Waals surface area contributed by atoms with Crippen molar-refractivity contribution >= 4 is 43.5 Å². The highest BCUT2D eigenvalue weighted by molar-refractivity contribution is 9.10. The van der Waals surface area contributed by atoms with Crippen LogP contribution in [-0.2, 0) is 32.6 Å². The minimum atomic E-state index is -3.79. The van der Waals surface area contributed by atoms with Crippen molar-refractivity contribution in [2.24, 2.45) is 0 Å². The van der Waals surface area contributed by atoms with Crippen LogP contribution in [0.2, 0.25) is 0 Å². The number of hydrogen-bond acceptors (Lipinski definition) is 4. The molecule has 0 aliphatic carbocycles. The average molecular weight is 587 g/mol. The van der Waals surface area contributed by atoms with Crippen LogP contribution in [0.25, 0.3) is 0 Å². The maximum atomic E-state index is 13.9. The molecule has 196 valence electrons. The van der Waals surface area contributed by atoms with E-state index in [2.05, 4.69) is 21.2 Å². The summed E-state index contributed by atoms with van der Waals surface area (Å²) in [5.74, 6) is -0.803. The van der Waals surface area contributed by atoms with E-state index in [4.69, 9.17) is 0 Å². The molecule has 0 spiro atoms. The van der Waals surface area contributed by atoms with Crippen molar-refractivity contribution in [2.75, 3.05) is 24.2 Å². The van der Waals surface area contributed by atoms with E-state index in [1.165, 1.54) is 11.9 Å². The lowest BCUT2D eigenvalue weighted by molar-refractivity contribution is -0.139. The molecule has 0 aliphatic rings. The van der Waals surface area contributed by atoms with Crippen molar-refractivity contribution in [3.8, 4) is 0 Å². The van der Waals surface area contributed by atoms with E-state index >= 15 is 0 Å². The smallest absolute Gasteiger partial charge is 0.244 e.